The molecule has 46 heavy (non-hydrogen) atoms. The highest BCUT2D eigenvalue weighted by molar-refractivity contribution is 14.1. The van der Waals surface area contributed by atoms with Crippen molar-refractivity contribution in [3.05, 3.63) is 59.1 Å². The molecule has 4 aromatic rings. The second-order valence-electron chi connectivity index (χ2n) is 13.4. The normalized spacial score (nSPS) is 16.3. The number of carbonyl (C=O) groups is 2. The third-order valence-corrected chi connectivity index (χ3v) is 9.02. The van der Waals surface area contributed by atoms with Crippen LogP contribution in [-0.2, 0) is 9.47 Å². The molecule has 0 atom stereocenters. The van der Waals surface area contributed by atoms with Gasteiger partial charge in [-0.15, -0.1) is 10.2 Å². The van der Waals surface area contributed by atoms with E-state index >= 15 is 0 Å². The van der Waals surface area contributed by atoms with Crippen molar-refractivity contribution >= 4 is 61.7 Å². The Morgan fingerprint density at radius 2 is 1.22 bits per heavy atom. The van der Waals surface area contributed by atoms with Crippen molar-refractivity contribution in [2.45, 2.75) is 88.3 Å². The molecule has 2 fully saturated rings. The summed E-state index contributed by atoms with van der Waals surface area (Å²) < 4.78 is 16.0. The molecule has 2 aliphatic heterocycles. The molecule has 0 aromatic carbocycles. The van der Waals surface area contributed by atoms with Crippen LogP contribution in [0, 0.1) is 0 Å². The Balaban J connectivity index is 0.000000171. The molecule has 0 spiro atoms. The van der Waals surface area contributed by atoms with Crippen LogP contribution in [0.1, 0.15) is 78.7 Å². The topological polar surface area (TPSA) is 119 Å². The number of piperidine rings is 2. The van der Waals surface area contributed by atoms with Gasteiger partial charge in [0.1, 0.15) is 11.2 Å². The van der Waals surface area contributed by atoms with E-state index in [9.17, 15) is 9.59 Å². The Labute approximate surface area is 292 Å². The number of aromatic nitrogens is 6. The van der Waals surface area contributed by atoms with Crippen LogP contribution >= 0.6 is 38.5 Å². The quantitative estimate of drug-likeness (QED) is 0.147. The number of nitrogens with zero attached hydrogens (tertiary/aromatic N) is 8. The zero-order chi connectivity index (χ0) is 33.5. The van der Waals surface area contributed by atoms with Crippen LogP contribution in [-0.4, -0.2) is 92.9 Å². The maximum Gasteiger partial charge on any atom is 0.410 e. The van der Waals surface area contributed by atoms with Gasteiger partial charge in [0.15, 0.2) is 0 Å². The van der Waals surface area contributed by atoms with Crippen LogP contribution in [0.3, 0.4) is 0 Å². The zero-order valence-electron chi connectivity index (χ0n) is 27.4. The van der Waals surface area contributed by atoms with E-state index in [0.29, 0.717) is 9.84 Å². The van der Waals surface area contributed by atoms with Crippen molar-refractivity contribution in [1.29, 1.82) is 0 Å². The molecule has 0 unspecified atom stereocenters. The highest BCUT2D eigenvalue weighted by Gasteiger charge is 2.28. The van der Waals surface area contributed by atoms with Gasteiger partial charge in [-0.05, 0) is 103 Å². The maximum absolute atomic E-state index is 12.1. The fraction of sp³-hybridized carbons (Fsp3) is 0.562. The molecule has 6 heterocycles. The molecule has 2 aliphatic rings. The van der Waals surface area contributed by atoms with E-state index in [1.807, 2.05) is 66.1 Å². The third kappa shape index (κ3) is 11.1. The highest BCUT2D eigenvalue weighted by atomic mass is 127. The number of halogens is 2. The van der Waals surface area contributed by atoms with E-state index in [1.54, 1.807) is 31.2 Å². The molecule has 0 saturated carbocycles. The van der Waals surface area contributed by atoms with Crippen LogP contribution in [0.5, 0.6) is 0 Å². The summed E-state index contributed by atoms with van der Waals surface area (Å²) in [6.45, 7) is 14.5. The lowest BCUT2D eigenvalue weighted by molar-refractivity contribution is 0.0200. The number of rotatable bonds is 1. The Bertz CT molecular complexity index is 1580. The SMILES string of the molecule is Brc1ccn2nncc2c1.CC(C)(C)OC(=O)N1CCC(I)CC1.CC(C)(C)OC(=O)N1CCC(c2ccn3nncc3c2)CC1. The van der Waals surface area contributed by atoms with E-state index in [1.165, 1.54) is 5.56 Å². The number of hydrogen-bond donors (Lipinski definition) is 0. The third-order valence-electron chi connectivity index (χ3n) is 7.28. The summed E-state index contributed by atoms with van der Waals surface area (Å²) in [6.07, 6.45) is 11.0. The van der Waals surface area contributed by atoms with Gasteiger partial charge in [0, 0.05) is 47.0 Å². The number of fused-ring (bicyclic) bond motifs is 2. The van der Waals surface area contributed by atoms with E-state index < -0.39 is 5.60 Å². The van der Waals surface area contributed by atoms with Crippen LogP contribution in [0.15, 0.2) is 53.5 Å². The number of alkyl halides is 1. The zero-order valence-corrected chi connectivity index (χ0v) is 31.1. The minimum Gasteiger partial charge on any atom is -0.444 e. The molecule has 4 aromatic heterocycles. The van der Waals surface area contributed by atoms with E-state index in [4.69, 9.17) is 9.47 Å². The van der Waals surface area contributed by atoms with Gasteiger partial charge in [-0.25, -0.2) is 18.6 Å². The molecule has 0 radical (unpaired) electrons. The Kier molecular flexibility index (Phi) is 12.2. The molecule has 12 nitrogen and oxygen atoms in total. The Morgan fingerprint density at radius 1 is 0.761 bits per heavy atom. The first kappa shape index (κ1) is 35.8. The van der Waals surface area contributed by atoms with Gasteiger partial charge in [-0.3, -0.25) is 0 Å². The van der Waals surface area contributed by atoms with Gasteiger partial charge in [0.05, 0.1) is 23.4 Å². The average molecular weight is 812 g/mol. The number of amides is 2. The van der Waals surface area contributed by atoms with E-state index in [2.05, 4.69) is 71.3 Å². The number of pyridine rings is 2. The first-order valence-electron chi connectivity index (χ1n) is 15.5. The van der Waals surface area contributed by atoms with Gasteiger partial charge in [-0.2, -0.15) is 0 Å². The summed E-state index contributed by atoms with van der Waals surface area (Å²) in [7, 11) is 0. The Hall–Kier alpha value is -3.01. The molecular weight excluding hydrogens is 767 g/mol. The monoisotopic (exact) mass is 810 g/mol. The molecule has 6 rings (SSSR count). The highest BCUT2D eigenvalue weighted by Crippen LogP contribution is 2.29. The number of ether oxygens (including phenoxy) is 2. The number of carbonyl (C=O) groups excluding carboxylic acids is 2. The van der Waals surface area contributed by atoms with E-state index in [0.717, 1.165) is 67.4 Å². The summed E-state index contributed by atoms with van der Waals surface area (Å²) >= 11 is 5.79. The standard InChI is InChI=1S/C16H22N4O2.C10H18INO2.C6H4BrN3/c1-16(2,3)22-15(21)19-7-4-12(5-8-19)13-6-9-20-14(10-13)11-17-18-20;1-10(2,3)14-9(13)12-6-4-8(11)5-7-12;7-5-1-2-10-6(3-5)4-8-9-10/h6,9-12H,4-5,7-8H2,1-3H3;8H,4-7H2,1-3H3;1-4H. The Morgan fingerprint density at radius 3 is 1.72 bits per heavy atom. The minimum atomic E-state index is -0.437. The van der Waals surface area contributed by atoms with Crippen LogP contribution in [0.2, 0.25) is 0 Å². The molecule has 0 bridgehead atoms. The van der Waals surface area contributed by atoms with Gasteiger partial charge >= 0.3 is 12.2 Å². The van der Waals surface area contributed by atoms with E-state index in [-0.39, 0.29) is 17.8 Å². The second-order valence-corrected chi connectivity index (χ2v) is 16.1. The van der Waals surface area contributed by atoms with Crippen molar-refractivity contribution in [3.8, 4) is 0 Å². The van der Waals surface area contributed by atoms with Gasteiger partial charge < -0.3 is 19.3 Å². The van der Waals surface area contributed by atoms with Crippen molar-refractivity contribution in [2.24, 2.45) is 0 Å². The lowest BCUT2D eigenvalue weighted by atomic mass is 9.90. The number of hydrogen-bond acceptors (Lipinski definition) is 8. The number of likely N-dealkylation sites (tertiary alicyclic amines) is 2. The summed E-state index contributed by atoms with van der Waals surface area (Å²) in [5.74, 6) is 0.471. The predicted octanol–water partition coefficient (Wildman–Crippen LogP) is 7.16. The molecule has 2 amide bonds. The fourth-order valence-corrected chi connectivity index (χ4v) is 5.89. The molecular formula is C32H44BrIN8O4. The lowest BCUT2D eigenvalue weighted by Crippen LogP contribution is -2.41. The van der Waals surface area contributed by atoms with Crippen LogP contribution in [0.4, 0.5) is 9.59 Å². The molecule has 0 aliphatic carbocycles. The van der Waals surface area contributed by atoms with Crippen molar-refractivity contribution < 1.29 is 19.1 Å². The van der Waals surface area contributed by atoms with Crippen LogP contribution in [0.25, 0.3) is 11.0 Å². The second kappa shape index (κ2) is 15.7. The summed E-state index contributed by atoms with van der Waals surface area (Å²) in [4.78, 5) is 27.3. The molecule has 250 valence electrons. The fourth-order valence-electron chi connectivity index (χ4n) is 4.98. The van der Waals surface area contributed by atoms with Crippen molar-refractivity contribution in [3.63, 3.8) is 0 Å². The molecule has 0 N–H and O–H groups in total. The largest absolute Gasteiger partial charge is 0.444 e. The first-order chi connectivity index (χ1) is 21.7. The lowest BCUT2D eigenvalue weighted by Gasteiger charge is -2.33. The van der Waals surface area contributed by atoms with Crippen molar-refractivity contribution in [2.75, 3.05) is 26.2 Å². The molecule has 14 heteroatoms. The smallest absolute Gasteiger partial charge is 0.410 e. The average Bonchev–Trinajstić information content (AvgIpc) is 3.65. The van der Waals surface area contributed by atoms with Gasteiger partial charge in [0.25, 0.3) is 0 Å². The maximum atomic E-state index is 12.1. The summed E-state index contributed by atoms with van der Waals surface area (Å²) in [5.41, 5.74) is 2.48. The predicted molar refractivity (Wildman–Crippen MR) is 188 cm³/mol. The van der Waals surface area contributed by atoms with Crippen LogP contribution < -0.4 is 0 Å². The first-order valence-corrected chi connectivity index (χ1v) is 17.6. The summed E-state index contributed by atoms with van der Waals surface area (Å²) in [5, 5.41) is 15.4. The van der Waals surface area contributed by atoms with Gasteiger partial charge in [-0.1, -0.05) is 48.9 Å². The van der Waals surface area contributed by atoms with Crippen molar-refractivity contribution in [1.82, 2.24) is 39.5 Å². The van der Waals surface area contributed by atoms with Gasteiger partial charge in [0.2, 0.25) is 0 Å². The molecule has 2 saturated heterocycles. The minimum absolute atomic E-state index is 0.166. The summed E-state index contributed by atoms with van der Waals surface area (Å²) in [6, 6.07) is 8.10.